The number of carbonyl (C=O) groups excluding carboxylic acids is 1. The van der Waals surface area contributed by atoms with E-state index >= 15 is 0 Å². The van der Waals surface area contributed by atoms with Crippen LogP contribution >= 0.6 is 0 Å². The Morgan fingerprint density at radius 3 is 2.65 bits per heavy atom. The van der Waals surface area contributed by atoms with Crippen LogP contribution in [0.3, 0.4) is 0 Å². The summed E-state index contributed by atoms with van der Waals surface area (Å²) in [5.74, 6) is -0.270. The van der Waals surface area contributed by atoms with Crippen LogP contribution in [0.25, 0.3) is 0 Å². The number of amides is 1. The Morgan fingerprint density at radius 2 is 1.92 bits per heavy atom. The van der Waals surface area contributed by atoms with Crippen molar-refractivity contribution in [1.29, 1.82) is 0 Å². The molecule has 0 atom stereocenters. The Balaban J connectivity index is 1.62. The zero-order chi connectivity index (χ0) is 18.1. The van der Waals surface area contributed by atoms with Crippen LogP contribution in [0.15, 0.2) is 24.3 Å². The lowest BCUT2D eigenvalue weighted by molar-refractivity contribution is 0.0647. The van der Waals surface area contributed by atoms with Gasteiger partial charge in [0.05, 0.1) is 19.8 Å². The van der Waals surface area contributed by atoms with Crippen LogP contribution in [0.5, 0.6) is 0 Å². The summed E-state index contributed by atoms with van der Waals surface area (Å²) in [4.78, 5) is 17.1. The second kappa shape index (κ2) is 7.17. The van der Waals surface area contributed by atoms with Gasteiger partial charge in [0.2, 0.25) is 0 Å². The number of benzene rings is 1. The molecule has 0 spiro atoms. The van der Waals surface area contributed by atoms with Crippen molar-refractivity contribution >= 4 is 5.91 Å². The van der Waals surface area contributed by atoms with Crippen LogP contribution in [-0.4, -0.2) is 65.3 Å². The maximum Gasteiger partial charge on any atom is 0.274 e. The first-order valence-corrected chi connectivity index (χ1v) is 9.00. The monoisotopic (exact) mass is 358 g/mol. The van der Waals surface area contributed by atoms with Crippen LogP contribution in [0.2, 0.25) is 0 Å². The van der Waals surface area contributed by atoms with E-state index < -0.39 is 0 Å². The summed E-state index contributed by atoms with van der Waals surface area (Å²) in [7, 11) is 2.06. The Kier molecular flexibility index (Phi) is 4.74. The normalized spacial score (nSPS) is 18.0. The van der Waals surface area contributed by atoms with Crippen molar-refractivity contribution in [2.45, 2.75) is 19.6 Å². The molecule has 3 heterocycles. The van der Waals surface area contributed by atoms with E-state index in [1.54, 1.807) is 12.1 Å². The average Bonchev–Trinajstić information content (AvgIpc) is 3.02. The Labute approximate surface area is 152 Å². The Morgan fingerprint density at radius 1 is 1.19 bits per heavy atom. The van der Waals surface area contributed by atoms with Gasteiger partial charge in [-0.05, 0) is 24.7 Å². The van der Waals surface area contributed by atoms with E-state index in [0.29, 0.717) is 25.5 Å². The number of hydrogen-bond acceptors (Lipinski definition) is 4. The molecule has 7 heteroatoms. The van der Waals surface area contributed by atoms with Gasteiger partial charge in [-0.15, -0.1) is 0 Å². The summed E-state index contributed by atoms with van der Waals surface area (Å²) in [5.41, 5.74) is 3.42. The molecule has 26 heavy (non-hydrogen) atoms. The molecule has 1 aromatic carbocycles. The van der Waals surface area contributed by atoms with Gasteiger partial charge in [0.15, 0.2) is 5.69 Å². The molecular weight excluding hydrogens is 335 g/mol. The maximum atomic E-state index is 13.1. The predicted molar refractivity (Wildman–Crippen MR) is 94.5 cm³/mol. The highest BCUT2D eigenvalue weighted by Gasteiger charge is 2.29. The number of halogens is 1. The second-order valence-corrected chi connectivity index (χ2v) is 6.96. The first-order chi connectivity index (χ1) is 12.6. The average molecular weight is 358 g/mol. The molecule has 0 bridgehead atoms. The first-order valence-electron chi connectivity index (χ1n) is 9.00. The highest BCUT2D eigenvalue weighted by atomic mass is 19.1. The van der Waals surface area contributed by atoms with E-state index in [9.17, 15) is 9.18 Å². The van der Waals surface area contributed by atoms with Crippen molar-refractivity contribution < 1.29 is 13.9 Å². The van der Waals surface area contributed by atoms with E-state index in [1.165, 1.54) is 12.1 Å². The minimum atomic E-state index is -0.254. The molecule has 1 aromatic heterocycles. The van der Waals surface area contributed by atoms with Crippen LogP contribution in [0.1, 0.15) is 27.3 Å². The highest BCUT2D eigenvalue weighted by molar-refractivity contribution is 5.94. The van der Waals surface area contributed by atoms with Crippen molar-refractivity contribution in [3.8, 4) is 0 Å². The number of fused-ring (bicyclic) bond motifs is 1. The fourth-order valence-corrected chi connectivity index (χ4v) is 3.53. The van der Waals surface area contributed by atoms with Gasteiger partial charge < -0.3 is 14.5 Å². The zero-order valence-corrected chi connectivity index (χ0v) is 14.9. The van der Waals surface area contributed by atoms with E-state index in [0.717, 1.165) is 49.4 Å². The third-order valence-electron chi connectivity index (χ3n) is 5.13. The predicted octanol–water partition coefficient (Wildman–Crippen LogP) is 1.53. The Hall–Kier alpha value is -2.25. The summed E-state index contributed by atoms with van der Waals surface area (Å²) in [6, 6.07) is 6.41. The van der Waals surface area contributed by atoms with Crippen molar-refractivity contribution in [3.63, 3.8) is 0 Å². The van der Waals surface area contributed by atoms with Gasteiger partial charge in [-0.1, -0.05) is 12.1 Å². The number of aromatic nitrogens is 2. The molecule has 0 N–H and O–H groups in total. The first kappa shape index (κ1) is 17.2. The molecule has 2 aromatic rings. The standard InChI is InChI=1S/C19H23FN4O2/c1-22-7-9-23(10-8-22)19(25)18-16-13-26-11-6-17(16)24(21-18)12-14-2-4-15(20)5-3-14/h2-5H,6-13H2,1H3. The summed E-state index contributed by atoms with van der Waals surface area (Å²) >= 11 is 0. The molecule has 0 aliphatic carbocycles. The van der Waals surface area contributed by atoms with Crippen LogP contribution in [0, 0.1) is 5.82 Å². The molecule has 2 aliphatic rings. The van der Waals surface area contributed by atoms with Gasteiger partial charge in [0, 0.05) is 43.9 Å². The molecule has 6 nitrogen and oxygen atoms in total. The van der Waals surface area contributed by atoms with Crippen LogP contribution in [0.4, 0.5) is 4.39 Å². The molecular formula is C19H23FN4O2. The molecule has 0 saturated carbocycles. The van der Waals surface area contributed by atoms with E-state index in [4.69, 9.17) is 4.74 Å². The van der Waals surface area contributed by atoms with Crippen molar-refractivity contribution in [3.05, 3.63) is 52.6 Å². The number of hydrogen-bond donors (Lipinski definition) is 0. The van der Waals surface area contributed by atoms with E-state index in [2.05, 4.69) is 17.0 Å². The highest BCUT2D eigenvalue weighted by Crippen LogP contribution is 2.23. The molecule has 1 amide bonds. The topological polar surface area (TPSA) is 50.6 Å². The molecule has 4 rings (SSSR count). The van der Waals surface area contributed by atoms with Gasteiger partial charge in [0.25, 0.3) is 5.91 Å². The summed E-state index contributed by atoms with van der Waals surface area (Å²) < 4.78 is 20.6. The van der Waals surface area contributed by atoms with Crippen LogP contribution in [-0.2, 0) is 24.3 Å². The lowest BCUT2D eigenvalue weighted by Crippen LogP contribution is -2.47. The van der Waals surface area contributed by atoms with Gasteiger partial charge in [-0.25, -0.2) is 4.39 Å². The van der Waals surface area contributed by atoms with Crippen molar-refractivity contribution in [2.75, 3.05) is 39.8 Å². The number of piperazine rings is 1. The number of ether oxygens (including phenoxy) is 1. The lowest BCUT2D eigenvalue weighted by atomic mass is 10.1. The molecule has 0 unspecified atom stereocenters. The molecule has 138 valence electrons. The number of nitrogens with zero attached hydrogens (tertiary/aromatic N) is 4. The third kappa shape index (κ3) is 3.37. The fraction of sp³-hybridized carbons (Fsp3) is 0.474. The van der Waals surface area contributed by atoms with Gasteiger partial charge in [-0.3, -0.25) is 9.48 Å². The number of carbonyl (C=O) groups is 1. The number of rotatable bonds is 3. The molecule has 0 radical (unpaired) electrons. The quantitative estimate of drug-likeness (QED) is 0.835. The zero-order valence-electron chi connectivity index (χ0n) is 14.9. The van der Waals surface area contributed by atoms with Crippen molar-refractivity contribution in [1.82, 2.24) is 19.6 Å². The third-order valence-corrected chi connectivity index (χ3v) is 5.13. The fourth-order valence-electron chi connectivity index (χ4n) is 3.53. The maximum absolute atomic E-state index is 13.1. The van der Waals surface area contributed by atoms with Gasteiger partial charge in [-0.2, -0.15) is 5.10 Å². The lowest BCUT2D eigenvalue weighted by Gasteiger charge is -2.32. The largest absolute Gasteiger partial charge is 0.376 e. The summed E-state index contributed by atoms with van der Waals surface area (Å²) in [5, 5.41) is 4.64. The molecule has 1 fully saturated rings. The molecule has 1 saturated heterocycles. The molecule has 2 aliphatic heterocycles. The summed E-state index contributed by atoms with van der Waals surface area (Å²) in [6.07, 6.45) is 0.736. The van der Waals surface area contributed by atoms with E-state index in [1.807, 2.05) is 9.58 Å². The van der Waals surface area contributed by atoms with Gasteiger partial charge >= 0.3 is 0 Å². The van der Waals surface area contributed by atoms with Crippen molar-refractivity contribution in [2.24, 2.45) is 0 Å². The minimum Gasteiger partial charge on any atom is -0.376 e. The van der Waals surface area contributed by atoms with Crippen LogP contribution < -0.4 is 0 Å². The Bertz CT molecular complexity index is 795. The second-order valence-electron chi connectivity index (χ2n) is 6.96. The summed E-state index contributed by atoms with van der Waals surface area (Å²) in [6.45, 7) is 4.77. The van der Waals surface area contributed by atoms with Gasteiger partial charge in [0.1, 0.15) is 5.82 Å². The SMILES string of the molecule is CN1CCN(C(=O)c2nn(Cc3ccc(F)cc3)c3c2COCC3)CC1. The van der Waals surface area contributed by atoms with E-state index in [-0.39, 0.29) is 11.7 Å². The minimum absolute atomic E-state index is 0.0160. The number of likely N-dealkylation sites (N-methyl/N-ethyl adjacent to an activating group) is 1. The smallest absolute Gasteiger partial charge is 0.274 e.